The van der Waals surface area contributed by atoms with Crippen LogP contribution in [-0.4, -0.2) is 11.6 Å². The minimum Gasteiger partial charge on any atom is -0.494 e. The number of ether oxygens (including phenoxy) is 1. The SMILES string of the molecule is CCOc1ccc(N/C(C)=C\C(=S)Nc2ccccc2)cc1. The van der Waals surface area contributed by atoms with Crippen molar-refractivity contribution < 1.29 is 4.74 Å². The topological polar surface area (TPSA) is 33.3 Å². The van der Waals surface area contributed by atoms with Gasteiger partial charge in [-0.1, -0.05) is 30.4 Å². The number of rotatable bonds is 6. The van der Waals surface area contributed by atoms with Crippen molar-refractivity contribution in [3.05, 3.63) is 66.4 Å². The number of thiocarbonyl (C=S) groups is 1. The summed E-state index contributed by atoms with van der Waals surface area (Å²) in [4.78, 5) is 0.669. The zero-order valence-corrected chi connectivity index (χ0v) is 13.6. The molecular weight excluding hydrogens is 292 g/mol. The van der Waals surface area contributed by atoms with E-state index in [1.807, 2.05) is 74.5 Å². The van der Waals surface area contributed by atoms with Crippen LogP contribution in [0.4, 0.5) is 11.4 Å². The van der Waals surface area contributed by atoms with Gasteiger partial charge in [0.05, 0.1) is 6.61 Å². The summed E-state index contributed by atoms with van der Waals surface area (Å²) >= 11 is 5.34. The summed E-state index contributed by atoms with van der Waals surface area (Å²) in [5.74, 6) is 0.871. The van der Waals surface area contributed by atoms with Gasteiger partial charge >= 0.3 is 0 Å². The quantitative estimate of drug-likeness (QED) is 0.590. The lowest BCUT2D eigenvalue weighted by Crippen LogP contribution is -2.08. The fraction of sp³-hybridized carbons (Fsp3) is 0.167. The Kier molecular flexibility index (Phi) is 5.98. The molecule has 114 valence electrons. The first-order valence-corrected chi connectivity index (χ1v) is 7.62. The molecule has 0 bridgehead atoms. The van der Waals surface area contributed by atoms with Crippen LogP contribution in [0.1, 0.15) is 13.8 Å². The number of nitrogens with one attached hydrogen (secondary N) is 2. The first-order valence-electron chi connectivity index (χ1n) is 7.21. The molecule has 2 N–H and O–H groups in total. The average Bonchev–Trinajstić information content (AvgIpc) is 2.50. The summed E-state index contributed by atoms with van der Waals surface area (Å²) in [7, 11) is 0. The minimum absolute atomic E-state index is 0.669. The van der Waals surface area contributed by atoms with Crippen molar-refractivity contribution >= 4 is 28.6 Å². The highest BCUT2D eigenvalue weighted by Crippen LogP contribution is 2.17. The molecule has 0 saturated carbocycles. The largest absolute Gasteiger partial charge is 0.494 e. The lowest BCUT2D eigenvalue weighted by atomic mass is 10.3. The monoisotopic (exact) mass is 312 g/mol. The minimum atomic E-state index is 0.669. The van der Waals surface area contributed by atoms with E-state index in [4.69, 9.17) is 17.0 Å². The zero-order valence-electron chi connectivity index (χ0n) is 12.8. The fourth-order valence-corrected chi connectivity index (χ4v) is 2.26. The van der Waals surface area contributed by atoms with Crippen molar-refractivity contribution in [1.29, 1.82) is 0 Å². The molecule has 0 atom stereocenters. The molecule has 3 nitrogen and oxygen atoms in total. The molecule has 2 aromatic carbocycles. The third-order valence-corrected chi connectivity index (χ3v) is 3.12. The van der Waals surface area contributed by atoms with Crippen LogP contribution in [0.3, 0.4) is 0 Å². The van der Waals surface area contributed by atoms with Crippen molar-refractivity contribution in [2.24, 2.45) is 0 Å². The van der Waals surface area contributed by atoms with Gasteiger partial charge < -0.3 is 15.4 Å². The maximum Gasteiger partial charge on any atom is 0.119 e. The number of anilines is 2. The van der Waals surface area contributed by atoms with Gasteiger partial charge in [-0.05, 0) is 56.3 Å². The van der Waals surface area contributed by atoms with Crippen molar-refractivity contribution in [2.75, 3.05) is 17.2 Å². The van der Waals surface area contributed by atoms with Crippen LogP contribution in [0.15, 0.2) is 66.4 Å². The van der Waals surface area contributed by atoms with Gasteiger partial charge in [0.25, 0.3) is 0 Å². The van der Waals surface area contributed by atoms with Crippen LogP contribution in [0.25, 0.3) is 0 Å². The van der Waals surface area contributed by atoms with E-state index in [1.54, 1.807) is 0 Å². The Morgan fingerprint density at radius 1 is 1.00 bits per heavy atom. The Balaban J connectivity index is 1.92. The Labute approximate surface area is 137 Å². The van der Waals surface area contributed by atoms with Crippen LogP contribution >= 0.6 is 12.2 Å². The van der Waals surface area contributed by atoms with E-state index in [0.717, 1.165) is 22.8 Å². The van der Waals surface area contributed by atoms with Gasteiger partial charge in [0.2, 0.25) is 0 Å². The normalized spacial score (nSPS) is 10.9. The zero-order chi connectivity index (χ0) is 15.8. The molecule has 0 aliphatic carbocycles. The summed E-state index contributed by atoms with van der Waals surface area (Å²) < 4.78 is 5.42. The highest BCUT2D eigenvalue weighted by molar-refractivity contribution is 7.81. The lowest BCUT2D eigenvalue weighted by molar-refractivity contribution is 0.340. The third-order valence-electron chi connectivity index (χ3n) is 2.90. The van der Waals surface area contributed by atoms with Crippen LogP contribution < -0.4 is 15.4 Å². The Morgan fingerprint density at radius 3 is 2.27 bits per heavy atom. The second-order valence-corrected chi connectivity index (χ2v) is 5.20. The predicted molar refractivity (Wildman–Crippen MR) is 97.7 cm³/mol. The van der Waals surface area contributed by atoms with Crippen molar-refractivity contribution in [3.63, 3.8) is 0 Å². The molecule has 2 aromatic rings. The summed E-state index contributed by atoms with van der Waals surface area (Å²) in [6.07, 6.45) is 1.90. The molecule has 0 radical (unpaired) electrons. The molecular formula is C18H20N2OS. The number of hydrogen-bond donors (Lipinski definition) is 2. The fourth-order valence-electron chi connectivity index (χ4n) is 1.96. The molecule has 2 rings (SSSR count). The van der Waals surface area contributed by atoms with Crippen LogP contribution in [-0.2, 0) is 0 Å². The van der Waals surface area contributed by atoms with E-state index in [-0.39, 0.29) is 0 Å². The molecule has 0 fully saturated rings. The lowest BCUT2D eigenvalue weighted by Gasteiger charge is -2.09. The van der Waals surface area contributed by atoms with Crippen molar-refractivity contribution in [2.45, 2.75) is 13.8 Å². The van der Waals surface area contributed by atoms with E-state index in [1.165, 1.54) is 0 Å². The highest BCUT2D eigenvalue weighted by atomic mass is 32.1. The molecule has 0 spiro atoms. The number of benzene rings is 2. The summed E-state index contributed by atoms with van der Waals surface area (Å²) in [6.45, 7) is 4.63. The van der Waals surface area contributed by atoms with E-state index in [2.05, 4.69) is 10.6 Å². The highest BCUT2D eigenvalue weighted by Gasteiger charge is 1.98. The number of hydrogen-bond acceptors (Lipinski definition) is 3. The number of allylic oxidation sites excluding steroid dienone is 1. The van der Waals surface area contributed by atoms with Gasteiger partial charge in [-0.15, -0.1) is 0 Å². The van der Waals surface area contributed by atoms with Gasteiger partial charge in [0.1, 0.15) is 10.7 Å². The maximum absolute atomic E-state index is 5.42. The van der Waals surface area contributed by atoms with Gasteiger partial charge in [-0.3, -0.25) is 0 Å². The Hall–Kier alpha value is -2.33. The van der Waals surface area contributed by atoms with Crippen LogP contribution in [0, 0.1) is 0 Å². The smallest absolute Gasteiger partial charge is 0.119 e. The van der Waals surface area contributed by atoms with Crippen molar-refractivity contribution in [1.82, 2.24) is 0 Å². The molecule has 0 aromatic heterocycles. The molecule has 0 unspecified atom stereocenters. The van der Waals surface area contributed by atoms with E-state index < -0.39 is 0 Å². The first kappa shape index (κ1) is 16.0. The Morgan fingerprint density at radius 2 is 1.64 bits per heavy atom. The van der Waals surface area contributed by atoms with Crippen molar-refractivity contribution in [3.8, 4) is 5.75 Å². The molecule has 0 heterocycles. The third kappa shape index (κ3) is 5.22. The van der Waals surface area contributed by atoms with Gasteiger partial charge in [-0.25, -0.2) is 0 Å². The standard InChI is InChI=1S/C18H20N2OS/c1-3-21-17-11-9-16(10-12-17)19-14(2)13-18(22)20-15-7-5-4-6-8-15/h4-13,19H,3H2,1-2H3,(H,20,22)/b14-13-. The second kappa shape index (κ2) is 8.20. The molecule has 0 aliphatic rings. The molecule has 4 heteroatoms. The molecule has 0 amide bonds. The number of para-hydroxylation sites is 1. The summed E-state index contributed by atoms with van der Waals surface area (Å²) in [6, 6.07) is 17.7. The van der Waals surface area contributed by atoms with Gasteiger partial charge in [-0.2, -0.15) is 0 Å². The van der Waals surface area contributed by atoms with E-state index in [0.29, 0.717) is 11.6 Å². The maximum atomic E-state index is 5.42. The molecule has 0 aliphatic heterocycles. The van der Waals surface area contributed by atoms with Crippen LogP contribution in [0.5, 0.6) is 5.75 Å². The van der Waals surface area contributed by atoms with Crippen LogP contribution in [0.2, 0.25) is 0 Å². The second-order valence-electron chi connectivity index (χ2n) is 4.77. The van der Waals surface area contributed by atoms with E-state index >= 15 is 0 Å². The molecule has 0 saturated heterocycles. The van der Waals surface area contributed by atoms with E-state index in [9.17, 15) is 0 Å². The summed E-state index contributed by atoms with van der Waals surface area (Å²) in [5, 5.41) is 6.49. The first-order chi connectivity index (χ1) is 10.7. The Bertz CT molecular complexity index is 636. The summed E-state index contributed by atoms with van der Waals surface area (Å²) in [5.41, 5.74) is 2.95. The van der Waals surface area contributed by atoms with Gasteiger partial charge in [0, 0.05) is 17.1 Å². The van der Waals surface area contributed by atoms with Gasteiger partial charge in [0.15, 0.2) is 0 Å². The predicted octanol–water partition coefficient (Wildman–Crippen LogP) is 4.84. The molecule has 22 heavy (non-hydrogen) atoms. The average molecular weight is 312 g/mol.